The lowest BCUT2D eigenvalue weighted by atomic mass is 9.88. The van der Waals surface area contributed by atoms with Gasteiger partial charge in [0, 0.05) is 13.0 Å². The molecule has 0 spiro atoms. The van der Waals surface area contributed by atoms with E-state index in [0.29, 0.717) is 18.9 Å². The highest BCUT2D eigenvalue weighted by molar-refractivity contribution is 5.30. The molecule has 19 heavy (non-hydrogen) atoms. The van der Waals surface area contributed by atoms with Crippen LogP contribution in [0.3, 0.4) is 0 Å². The van der Waals surface area contributed by atoms with Crippen LogP contribution >= 0.6 is 0 Å². The smallest absolute Gasteiger partial charge is 0.130 e. The summed E-state index contributed by atoms with van der Waals surface area (Å²) >= 11 is 0. The largest absolute Gasteiger partial charge is 0.488 e. The Balaban J connectivity index is 1.95. The van der Waals surface area contributed by atoms with E-state index in [4.69, 9.17) is 9.47 Å². The van der Waals surface area contributed by atoms with Gasteiger partial charge in [0.2, 0.25) is 0 Å². The molecule has 0 amide bonds. The van der Waals surface area contributed by atoms with Crippen LogP contribution in [0.2, 0.25) is 0 Å². The van der Waals surface area contributed by atoms with Gasteiger partial charge in [-0.3, -0.25) is 0 Å². The molecule has 3 unspecified atom stereocenters. The third kappa shape index (κ3) is 3.48. The van der Waals surface area contributed by atoms with E-state index in [0.717, 1.165) is 12.2 Å². The average Bonchev–Trinajstić information content (AvgIpc) is 2.39. The molecule has 1 aromatic carbocycles. The van der Waals surface area contributed by atoms with Crippen LogP contribution in [0.1, 0.15) is 45.1 Å². The Kier molecular flexibility index (Phi) is 4.83. The molecule has 1 aliphatic carbocycles. The first kappa shape index (κ1) is 14.4. The molecule has 1 N–H and O–H groups in total. The van der Waals surface area contributed by atoms with Crippen molar-refractivity contribution < 1.29 is 14.6 Å². The molecule has 1 aliphatic rings. The molecule has 3 heteroatoms. The van der Waals surface area contributed by atoms with Gasteiger partial charge in [-0.2, -0.15) is 0 Å². The van der Waals surface area contributed by atoms with E-state index in [9.17, 15) is 5.11 Å². The fourth-order valence-electron chi connectivity index (χ4n) is 2.27. The van der Waals surface area contributed by atoms with E-state index in [-0.39, 0.29) is 18.3 Å². The predicted molar refractivity (Wildman–Crippen MR) is 75.6 cm³/mol. The highest BCUT2D eigenvalue weighted by Crippen LogP contribution is 2.30. The summed E-state index contributed by atoms with van der Waals surface area (Å²) in [7, 11) is 0. The summed E-state index contributed by atoms with van der Waals surface area (Å²) in [6, 6.07) is 8.17. The van der Waals surface area contributed by atoms with Gasteiger partial charge in [0.15, 0.2) is 0 Å². The molecule has 0 radical (unpaired) electrons. The van der Waals surface area contributed by atoms with E-state index in [1.54, 1.807) is 0 Å². The van der Waals surface area contributed by atoms with Crippen molar-refractivity contribution in [2.75, 3.05) is 6.61 Å². The average molecular weight is 264 g/mol. The maximum Gasteiger partial charge on any atom is 0.130 e. The second kappa shape index (κ2) is 6.40. The number of benzene rings is 1. The van der Waals surface area contributed by atoms with Gasteiger partial charge in [0.05, 0.1) is 6.10 Å². The van der Waals surface area contributed by atoms with E-state index >= 15 is 0 Å². The Morgan fingerprint density at radius 3 is 2.79 bits per heavy atom. The lowest BCUT2D eigenvalue weighted by Gasteiger charge is -2.40. The van der Waals surface area contributed by atoms with Gasteiger partial charge < -0.3 is 14.6 Å². The van der Waals surface area contributed by atoms with E-state index < -0.39 is 0 Å². The lowest BCUT2D eigenvalue weighted by Crippen LogP contribution is -2.55. The normalized spacial score (nSPS) is 26.3. The quantitative estimate of drug-likeness (QED) is 0.858. The standard InChI is InChI=1S/C16H24O3/c1-4-8-18-16-14(17)10-15(16)19-13-7-5-6-12(9-13)11(2)3/h5-7,9,11,14-17H,4,8,10H2,1-3H3. The van der Waals surface area contributed by atoms with Crippen LogP contribution in [0.5, 0.6) is 5.75 Å². The molecule has 0 heterocycles. The van der Waals surface area contributed by atoms with E-state index in [2.05, 4.69) is 32.9 Å². The van der Waals surface area contributed by atoms with Crippen molar-refractivity contribution in [3.63, 3.8) is 0 Å². The van der Waals surface area contributed by atoms with Crippen molar-refractivity contribution in [1.29, 1.82) is 0 Å². The van der Waals surface area contributed by atoms with Crippen molar-refractivity contribution in [2.24, 2.45) is 0 Å². The van der Waals surface area contributed by atoms with Crippen molar-refractivity contribution in [3.05, 3.63) is 29.8 Å². The van der Waals surface area contributed by atoms with Crippen molar-refractivity contribution >= 4 is 0 Å². The van der Waals surface area contributed by atoms with Crippen LogP contribution in [-0.4, -0.2) is 30.0 Å². The topological polar surface area (TPSA) is 38.7 Å². The fraction of sp³-hybridized carbons (Fsp3) is 0.625. The SMILES string of the molecule is CCCOC1C(O)CC1Oc1cccc(C(C)C)c1. The first-order valence-corrected chi connectivity index (χ1v) is 7.18. The third-order valence-electron chi connectivity index (χ3n) is 3.55. The maximum atomic E-state index is 9.72. The Bertz CT molecular complexity index is 403. The van der Waals surface area contributed by atoms with Crippen LogP contribution in [0.15, 0.2) is 24.3 Å². The zero-order valence-electron chi connectivity index (χ0n) is 12.0. The molecule has 0 saturated heterocycles. The van der Waals surface area contributed by atoms with Gasteiger partial charge in [0.1, 0.15) is 18.0 Å². The van der Waals surface area contributed by atoms with Gasteiger partial charge in [-0.1, -0.05) is 32.9 Å². The highest BCUT2D eigenvalue weighted by atomic mass is 16.6. The number of aliphatic hydroxyl groups excluding tert-OH is 1. The molecule has 106 valence electrons. The summed E-state index contributed by atoms with van der Waals surface area (Å²) < 4.78 is 11.6. The number of aliphatic hydroxyl groups is 1. The molecule has 2 rings (SSSR count). The molecular formula is C16H24O3. The van der Waals surface area contributed by atoms with Crippen molar-refractivity contribution in [3.8, 4) is 5.75 Å². The van der Waals surface area contributed by atoms with Crippen molar-refractivity contribution in [1.82, 2.24) is 0 Å². The Labute approximate surface area is 115 Å². The second-order valence-corrected chi connectivity index (χ2v) is 5.52. The molecule has 1 aromatic rings. The Hall–Kier alpha value is -1.06. The van der Waals surface area contributed by atoms with E-state index in [1.165, 1.54) is 5.56 Å². The second-order valence-electron chi connectivity index (χ2n) is 5.52. The third-order valence-corrected chi connectivity index (χ3v) is 3.55. The molecular weight excluding hydrogens is 240 g/mol. The molecule has 3 nitrogen and oxygen atoms in total. The summed E-state index contributed by atoms with van der Waals surface area (Å²) in [5, 5.41) is 9.72. The molecule has 3 atom stereocenters. The van der Waals surface area contributed by atoms with Crippen LogP contribution < -0.4 is 4.74 Å². The predicted octanol–water partition coefficient (Wildman–Crippen LogP) is 3.12. The number of hydrogen-bond donors (Lipinski definition) is 1. The van der Waals surface area contributed by atoms with Gasteiger partial charge in [-0.05, 0) is 30.0 Å². The molecule has 0 aromatic heterocycles. The summed E-state index contributed by atoms with van der Waals surface area (Å²) in [5.41, 5.74) is 1.27. The van der Waals surface area contributed by atoms with Crippen LogP contribution in [0, 0.1) is 0 Å². The van der Waals surface area contributed by atoms with Gasteiger partial charge in [0.25, 0.3) is 0 Å². The van der Waals surface area contributed by atoms with Crippen LogP contribution in [0.4, 0.5) is 0 Å². The number of ether oxygens (including phenoxy) is 2. The van der Waals surface area contributed by atoms with Crippen LogP contribution in [-0.2, 0) is 4.74 Å². The first-order valence-electron chi connectivity index (χ1n) is 7.18. The number of rotatable bonds is 6. The molecule has 0 aliphatic heterocycles. The molecule has 0 bridgehead atoms. The van der Waals surface area contributed by atoms with Gasteiger partial charge in [-0.15, -0.1) is 0 Å². The van der Waals surface area contributed by atoms with Crippen molar-refractivity contribution in [2.45, 2.75) is 57.8 Å². The minimum absolute atomic E-state index is 0.0241. The minimum Gasteiger partial charge on any atom is -0.488 e. The Morgan fingerprint density at radius 2 is 2.16 bits per heavy atom. The Morgan fingerprint density at radius 1 is 1.37 bits per heavy atom. The maximum absolute atomic E-state index is 9.72. The zero-order chi connectivity index (χ0) is 13.8. The number of hydrogen-bond acceptors (Lipinski definition) is 3. The van der Waals surface area contributed by atoms with Gasteiger partial charge >= 0.3 is 0 Å². The fourth-order valence-corrected chi connectivity index (χ4v) is 2.27. The zero-order valence-corrected chi connectivity index (χ0v) is 12.0. The van der Waals surface area contributed by atoms with Gasteiger partial charge in [-0.25, -0.2) is 0 Å². The minimum atomic E-state index is -0.384. The summed E-state index contributed by atoms with van der Waals surface area (Å²) in [6.07, 6.45) is 1.02. The monoisotopic (exact) mass is 264 g/mol. The van der Waals surface area contributed by atoms with Crippen LogP contribution in [0.25, 0.3) is 0 Å². The highest BCUT2D eigenvalue weighted by Gasteiger charge is 2.42. The lowest BCUT2D eigenvalue weighted by molar-refractivity contribution is -0.162. The molecule has 1 saturated carbocycles. The summed E-state index contributed by atoms with van der Waals surface area (Å²) in [5.74, 6) is 1.36. The molecule has 1 fully saturated rings. The summed E-state index contributed by atoms with van der Waals surface area (Å²) in [6.45, 7) is 7.07. The summed E-state index contributed by atoms with van der Waals surface area (Å²) in [4.78, 5) is 0. The van der Waals surface area contributed by atoms with E-state index in [1.807, 2.05) is 12.1 Å². The first-order chi connectivity index (χ1) is 9.11.